The molecule has 0 radical (unpaired) electrons. The number of carbonyl (C=O) groups is 1. The number of nitrogens with zero attached hydrogens (tertiary/aromatic N) is 3. The van der Waals surface area contributed by atoms with E-state index in [0.29, 0.717) is 0 Å². The SMILES string of the molecule is C[C@@H](NC(=O)[C@@H]1CCCN(Cc2nc3ccccc3n2Cc2ccc(Cl)cc2)C1)c1ccccc1. The highest BCUT2D eigenvalue weighted by atomic mass is 35.5. The molecule has 35 heavy (non-hydrogen) atoms. The number of para-hydroxylation sites is 2. The molecule has 0 bridgehead atoms. The minimum absolute atomic E-state index is 0.00245. The Morgan fingerprint density at radius 2 is 1.77 bits per heavy atom. The van der Waals surface area contributed by atoms with Crippen molar-refractivity contribution >= 4 is 28.5 Å². The van der Waals surface area contributed by atoms with Gasteiger partial charge in [0.15, 0.2) is 0 Å². The molecule has 180 valence electrons. The van der Waals surface area contributed by atoms with Gasteiger partial charge < -0.3 is 9.88 Å². The Labute approximate surface area is 211 Å². The first-order valence-corrected chi connectivity index (χ1v) is 12.7. The summed E-state index contributed by atoms with van der Waals surface area (Å²) in [5.41, 5.74) is 4.44. The largest absolute Gasteiger partial charge is 0.349 e. The van der Waals surface area contributed by atoms with Gasteiger partial charge in [0.1, 0.15) is 5.82 Å². The summed E-state index contributed by atoms with van der Waals surface area (Å²) in [5, 5.41) is 3.96. The summed E-state index contributed by atoms with van der Waals surface area (Å²) < 4.78 is 2.29. The second-order valence-corrected chi connectivity index (χ2v) is 9.88. The molecular weight excluding hydrogens is 456 g/mol. The third-order valence-corrected chi connectivity index (χ3v) is 7.14. The molecule has 1 saturated heterocycles. The molecule has 6 heteroatoms. The number of hydrogen-bond acceptors (Lipinski definition) is 3. The summed E-state index contributed by atoms with van der Waals surface area (Å²) >= 11 is 6.10. The first-order valence-electron chi connectivity index (χ1n) is 12.3. The highest BCUT2D eigenvalue weighted by Gasteiger charge is 2.28. The second-order valence-electron chi connectivity index (χ2n) is 9.44. The monoisotopic (exact) mass is 486 g/mol. The number of nitrogens with one attached hydrogen (secondary N) is 1. The summed E-state index contributed by atoms with van der Waals surface area (Å²) in [5.74, 6) is 1.16. The fraction of sp³-hybridized carbons (Fsp3) is 0.310. The average Bonchev–Trinajstić information content (AvgIpc) is 3.22. The zero-order chi connectivity index (χ0) is 24.2. The average molecular weight is 487 g/mol. The number of hydrogen-bond donors (Lipinski definition) is 1. The molecule has 0 aliphatic carbocycles. The lowest BCUT2D eigenvalue weighted by Gasteiger charge is -2.32. The molecular formula is C29H31ClN4O. The third-order valence-electron chi connectivity index (χ3n) is 6.89. The molecule has 1 fully saturated rings. The van der Waals surface area contributed by atoms with E-state index in [1.165, 1.54) is 5.56 Å². The summed E-state index contributed by atoms with van der Waals surface area (Å²) in [6.45, 7) is 5.23. The van der Waals surface area contributed by atoms with Gasteiger partial charge in [0.05, 0.1) is 29.5 Å². The molecule has 0 saturated carbocycles. The number of amides is 1. The number of carbonyl (C=O) groups excluding carboxylic acids is 1. The van der Waals surface area contributed by atoms with Crippen molar-refractivity contribution in [3.05, 3.63) is 101 Å². The standard InChI is InChI=1S/C29H31ClN4O/c1-21(23-8-3-2-4-9-23)31-29(35)24-10-7-17-33(19-24)20-28-32-26-11-5-6-12-27(26)34(28)18-22-13-15-25(30)16-14-22/h2-6,8-9,11-16,21,24H,7,10,17-20H2,1H3,(H,31,35)/t21-,24-/m1/s1. The molecule has 2 atom stereocenters. The van der Waals surface area contributed by atoms with Gasteiger partial charge >= 0.3 is 0 Å². The molecule has 1 aliphatic heterocycles. The molecule has 0 unspecified atom stereocenters. The molecule has 1 aromatic heterocycles. The van der Waals surface area contributed by atoms with E-state index in [9.17, 15) is 4.79 Å². The van der Waals surface area contributed by atoms with Gasteiger partial charge in [0.25, 0.3) is 0 Å². The van der Waals surface area contributed by atoms with E-state index in [2.05, 4.69) is 57.2 Å². The van der Waals surface area contributed by atoms with Crippen LogP contribution in [0.25, 0.3) is 11.0 Å². The van der Waals surface area contributed by atoms with Crippen LogP contribution >= 0.6 is 11.6 Å². The lowest BCUT2D eigenvalue weighted by Crippen LogP contribution is -2.43. The Morgan fingerprint density at radius 1 is 1.03 bits per heavy atom. The van der Waals surface area contributed by atoms with Crippen LogP contribution in [0.15, 0.2) is 78.9 Å². The van der Waals surface area contributed by atoms with E-state index >= 15 is 0 Å². The molecule has 2 heterocycles. The third kappa shape index (κ3) is 5.58. The molecule has 3 aromatic carbocycles. The van der Waals surface area contributed by atoms with E-state index in [1.54, 1.807) is 0 Å². The van der Waals surface area contributed by atoms with Gasteiger partial charge in [-0.1, -0.05) is 66.2 Å². The van der Waals surface area contributed by atoms with Gasteiger partial charge in [0.2, 0.25) is 5.91 Å². The lowest BCUT2D eigenvalue weighted by atomic mass is 9.96. The van der Waals surface area contributed by atoms with Crippen molar-refractivity contribution in [3.63, 3.8) is 0 Å². The van der Waals surface area contributed by atoms with E-state index in [0.717, 1.165) is 66.5 Å². The van der Waals surface area contributed by atoms with E-state index in [-0.39, 0.29) is 17.9 Å². The van der Waals surface area contributed by atoms with Crippen molar-refractivity contribution in [3.8, 4) is 0 Å². The minimum Gasteiger partial charge on any atom is -0.349 e. The number of likely N-dealkylation sites (tertiary alicyclic amines) is 1. The van der Waals surface area contributed by atoms with Crippen LogP contribution in [0.2, 0.25) is 5.02 Å². The number of fused-ring (bicyclic) bond motifs is 1. The molecule has 0 spiro atoms. The maximum atomic E-state index is 13.1. The number of imidazole rings is 1. The van der Waals surface area contributed by atoms with Gasteiger partial charge in [-0.2, -0.15) is 0 Å². The van der Waals surface area contributed by atoms with Crippen LogP contribution in [0.4, 0.5) is 0 Å². The molecule has 1 amide bonds. The van der Waals surface area contributed by atoms with E-state index in [4.69, 9.17) is 16.6 Å². The van der Waals surface area contributed by atoms with Crippen LogP contribution in [0.1, 0.15) is 42.8 Å². The number of halogens is 1. The summed E-state index contributed by atoms with van der Waals surface area (Å²) in [4.78, 5) is 20.4. The van der Waals surface area contributed by atoms with Crippen molar-refractivity contribution in [1.29, 1.82) is 0 Å². The van der Waals surface area contributed by atoms with Crippen molar-refractivity contribution in [2.75, 3.05) is 13.1 Å². The maximum absolute atomic E-state index is 13.1. The number of piperidine rings is 1. The number of benzene rings is 3. The number of aromatic nitrogens is 2. The van der Waals surface area contributed by atoms with E-state index in [1.807, 2.05) is 43.3 Å². The van der Waals surface area contributed by atoms with Crippen molar-refractivity contribution in [2.24, 2.45) is 5.92 Å². The van der Waals surface area contributed by atoms with Gasteiger partial charge in [-0.15, -0.1) is 0 Å². The van der Waals surface area contributed by atoms with Crippen LogP contribution in [0, 0.1) is 5.92 Å². The van der Waals surface area contributed by atoms with Crippen LogP contribution < -0.4 is 5.32 Å². The van der Waals surface area contributed by atoms with Crippen LogP contribution in [-0.2, 0) is 17.9 Å². The minimum atomic E-state index is -0.0102. The fourth-order valence-corrected chi connectivity index (χ4v) is 5.09. The molecule has 1 N–H and O–H groups in total. The predicted molar refractivity (Wildman–Crippen MR) is 141 cm³/mol. The summed E-state index contributed by atoms with van der Waals surface area (Å²) in [7, 11) is 0. The Bertz CT molecular complexity index is 1290. The molecule has 4 aromatic rings. The van der Waals surface area contributed by atoms with Gasteiger partial charge in [-0.3, -0.25) is 9.69 Å². The van der Waals surface area contributed by atoms with Crippen LogP contribution in [0.3, 0.4) is 0 Å². The smallest absolute Gasteiger partial charge is 0.224 e. The fourth-order valence-electron chi connectivity index (χ4n) is 4.96. The van der Waals surface area contributed by atoms with Gasteiger partial charge in [-0.05, 0) is 61.7 Å². The Balaban J connectivity index is 1.30. The Hall–Kier alpha value is -3.15. The molecule has 5 rings (SSSR count). The van der Waals surface area contributed by atoms with Crippen LogP contribution in [0.5, 0.6) is 0 Å². The zero-order valence-corrected chi connectivity index (χ0v) is 20.8. The maximum Gasteiger partial charge on any atom is 0.224 e. The predicted octanol–water partition coefficient (Wildman–Crippen LogP) is 5.83. The zero-order valence-electron chi connectivity index (χ0n) is 20.0. The first kappa shape index (κ1) is 23.6. The van der Waals surface area contributed by atoms with Crippen molar-refractivity contribution in [1.82, 2.24) is 19.8 Å². The number of rotatable bonds is 7. The lowest BCUT2D eigenvalue weighted by molar-refractivity contribution is -0.127. The summed E-state index contributed by atoms with van der Waals surface area (Å²) in [6.07, 6.45) is 1.93. The van der Waals surface area contributed by atoms with Crippen LogP contribution in [-0.4, -0.2) is 33.4 Å². The molecule has 5 nitrogen and oxygen atoms in total. The highest BCUT2D eigenvalue weighted by molar-refractivity contribution is 6.30. The first-order chi connectivity index (χ1) is 17.1. The Morgan fingerprint density at radius 3 is 2.57 bits per heavy atom. The van der Waals surface area contributed by atoms with Gasteiger partial charge in [-0.25, -0.2) is 4.98 Å². The van der Waals surface area contributed by atoms with Crippen molar-refractivity contribution in [2.45, 2.75) is 38.9 Å². The molecule has 1 aliphatic rings. The normalized spacial score (nSPS) is 17.4. The highest BCUT2D eigenvalue weighted by Crippen LogP contribution is 2.24. The second kappa shape index (κ2) is 10.6. The summed E-state index contributed by atoms with van der Waals surface area (Å²) in [6, 6.07) is 26.4. The Kier molecular flexibility index (Phi) is 7.16. The quantitative estimate of drug-likeness (QED) is 0.357. The van der Waals surface area contributed by atoms with E-state index < -0.39 is 0 Å². The topological polar surface area (TPSA) is 50.2 Å². The van der Waals surface area contributed by atoms with Gasteiger partial charge in [0, 0.05) is 18.1 Å². The van der Waals surface area contributed by atoms with Crippen molar-refractivity contribution < 1.29 is 4.79 Å².